The van der Waals surface area contributed by atoms with Gasteiger partial charge in [0.25, 0.3) is 0 Å². The fraction of sp³-hybridized carbons (Fsp3) is 0.917. The number of rotatable bonds is 5. The fourth-order valence-electron chi connectivity index (χ4n) is 1.54. The fourth-order valence-corrected chi connectivity index (χ4v) is 1.54. The number of hydrogen-bond donors (Lipinski definition) is 1. The summed E-state index contributed by atoms with van der Waals surface area (Å²) in [6.45, 7) is 10.6. The van der Waals surface area contributed by atoms with Gasteiger partial charge in [-0.25, -0.2) is 0 Å². The minimum atomic E-state index is -0.397. The van der Waals surface area contributed by atoms with E-state index < -0.39 is 5.54 Å². The van der Waals surface area contributed by atoms with Crippen molar-refractivity contribution in [2.24, 2.45) is 5.41 Å². The molecule has 0 saturated carbocycles. The largest absolute Gasteiger partial charge is 0.306 e. The van der Waals surface area contributed by atoms with Crippen LogP contribution in [0.25, 0.3) is 0 Å². The lowest BCUT2D eigenvalue weighted by Gasteiger charge is -2.29. The van der Waals surface area contributed by atoms with Crippen molar-refractivity contribution in [2.75, 3.05) is 27.2 Å². The maximum absolute atomic E-state index is 9.00. The summed E-state index contributed by atoms with van der Waals surface area (Å²) in [6, 6.07) is 2.31. The van der Waals surface area contributed by atoms with Gasteiger partial charge in [-0.2, -0.15) is 5.26 Å². The number of nitriles is 1. The van der Waals surface area contributed by atoms with Crippen LogP contribution >= 0.6 is 0 Å². The molecule has 0 bridgehead atoms. The lowest BCUT2D eigenvalue weighted by atomic mass is 9.95. The highest BCUT2D eigenvalue weighted by atomic mass is 15.1. The third-order valence-electron chi connectivity index (χ3n) is 2.54. The van der Waals surface area contributed by atoms with Crippen LogP contribution < -0.4 is 5.32 Å². The summed E-state index contributed by atoms with van der Waals surface area (Å²) in [5.74, 6) is 0. The molecule has 0 radical (unpaired) electrons. The van der Waals surface area contributed by atoms with Gasteiger partial charge in [-0.1, -0.05) is 20.8 Å². The second-order valence-corrected chi connectivity index (χ2v) is 5.74. The first kappa shape index (κ1) is 14.4. The van der Waals surface area contributed by atoms with Crippen LogP contribution in [-0.4, -0.2) is 37.6 Å². The molecule has 1 unspecified atom stereocenters. The van der Waals surface area contributed by atoms with Crippen molar-refractivity contribution in [1.82, 2.24) is 10.2 Å². The number of hydrogen-bond acceptors (Lipinski definition) is 3. The van der Waals surface area contributed by atoms with Crippen LogP contribution in [0.1, 0.15) is 34.1 Å². The highest BCUT2D eigenvalue weighted by Gasteiger charge is 2.22. The maximum Gasteiger partial charge on any atom is 0.104 e. The average molecular weight is 211 g/mol. The van der Waals surface area contributed by atoms with Gasteiger partial charge in [-0.05, 0) is 32.9 Å². The predicted octanol–water partition coefficient (Wildman–Crippen LogP) is 1.86. The van der Waals surface area contributed by atoms with Gasteiger partial charge in [0.1, 0.15) is 5.54 Å². The normalized spacial score (nSPS) is 16.1. The standard InChI is InChI=1S/C12H25N3/c1-11(2,3)10-15(6)8-7-12(4,9-13)14-5/h14H,7-8,10H2,1-6H3. The minimum Gasteiger partial charge on any atom is -0.306 e. The van der Waals surface area contributed by atoms with Gasteiger partial charge in [0, 0.05) is 13.1 Å². The maximum atomic E-state index is 9.00. The van der Waals surface area contributed by atoms with Gasteiger partial charge in [-0.3, -0.25) is 0 Å². The molecule has 0 aliphatic heterocycles. The molecule has 0 aliphatic carbocycles. The smallest absolute Gasteiger partial charge is 0.104 e. The quantitative estimate of drug-likeness (QED) is 0.754. The van der Waals surface area contributed by atoms with Crippen molar-refractivity contribution in [3.8, 4) is 6.07 Å². The van der Waals surface area contributed by atoms with Gasteiger partial charge in [0.05, 0.1) is 6.07 Å². The molecule has 3 nitrogen and oxygen atoms in total. The third-order valence-corrected chi connectivity index (χ3v) is 2.54. The molecular weight excluding hydrogens is 186 g/mol. The van der Waals surface area contributed by atoms with Crippen LogP contribution in [0.2, 0.25) is 0 Å². The third kappa shape index (κ3) is 6.48. The van der Waals surface area contributed by atoms with E-state index in [0.29, 0.717) is 5.41 Å². The summed E-state index contributed by atoms with van der Waals surface area (Å²) in [4.78, 5) is 2.28. The highest BCUT2D eigenvalue weighted by molar-refractivity contribution is 5.03. The van der Waals surface area contributed by atoms with Crippen LogP contribution in [-0.2, 0) is 0 Å². The molecule has 0 aliphatic rings. The van der Waals surface area contributed by atoms with Gasteiger partial charge in [0.2, 0.25) is 0 Å². The van der Waals surface area contributed by atoms with Crippen LogP contribution in [0.5, 0.6) is 0 Å². The molecule has 0 fully saturated rings. The molecule has 0 saturated heterocycles. The lowest BCUT2D eigenvalue weighted by Crippen LogP contribution is -2.42. The second-order valence-electron chi connectivity index (χ2n) is 5.74. The van der Waals surface area contributed by atoms with Crippen LogP contribution in [0.15, 0.2) is 0 Å². The Morgan fingerprint density at radius 1 is 1.27 bits per heavy atom. The first-order valence-electron chi connectivity index (χ1n) is 5.51. The number of nitrogens with zero attached hydrogens (tertiary/aromatic N) is 2. The van der Waals surface area contributed by atoms with Crippen LogP contribution in [0.4, 0.5) is 0 Å². The first-order chi connectivity index (χ1) is 6.72. The van der Waals surface area contributed by atoms with Crippen LogP contribution in [0, 0.1) is 16.7 Å². The van der Waals surface area contributed by atoms with Crippen molar-refractivity contribution in [1.29, 1.82) is 5.26 Å². The van der Waals surface area contributed by atoms with E-state index in [1.807, 2.05) is 14.0 Å². The molecule has 0 heterocycles. The Bertz CT molecular complexity index is 224. The Morgan fingerprint density at radius 3 is 2.13 bits per heavy atom. The summed E-state index contributed by atoms with van der Waals surface area (Å²) in [6.07, 6.45) is 0.854. The summed E-state index contributed by atoms with van der Waals surface area (Å²) in [5.41, 5.74) is -0.0798. The molecule has 0 aromatic heterocycles. The number of nitrogens with one attached hydrogen (secondary N) is 1. The monoisotopic (exact) mass is 211 g/mol. The second kappa shape index (κ2) is 5.48. The Balaban J connectivity index is 4.01. The van der Waals surface area contributed by atoms with E-state index in [1.165, 1.54) is 0 Å². The Labute approximate surface area is 94.5 Å². The predicted molar refractivity (Wildman–Crippen MR) is 64.6 cm³/mol. The van der Waals surface area contributed by atoms with Crippen molar-refractivity contribution < 1.29 is 0 Å². The molecular formula is C12H25N3. The van der Waals surface area contributed by atoms with E-state index in [1.54, 1.807) is 0 Å². The van der Waals surface area contributed by atoms with E-state index in [0.717, 1.165) is 19.5 Å². The van der Waals surface area contributed by atoms with E-state index in [-0.39, 0.29) is 0 Å². The van der Waals surface area contributed by atoms with E-state index in [9.17, 15) is 0 Å². The topological polar surface area (TPSA) is 39.1 Å². The molecule has 0 rings (SSSR count). The Kier molecular flexibility index (Phi) is 5.27. The molecule has 88 valence electrons. The van der Waals surface area contributed by atoms with Crippen molar-refractivity contribution in [2.45, 2.75) is 39.7 Å². The summed E-state index contributed by atoms with van der Waals surface area (Å²) < 4.78 is 0. The molecule has 0 amide bonds. The molecule has 0 aromatic carbocycles. The van der Waals surface area contributed by atoms with E-state index >= 15 is 0 Å². The first-order valence-corrected chi connectivity index (χ1v) is 5.51. The molecule has 1 atom stereocenters. The summed E-state index contributed by atoms with van der Waals surface area (Å²) in [7, 11) is 3.95. The van der Waals surface area contributed by atoms with Crippen LogP contribution in [0.3, 0.4) is 0 Å². The van der Waals surface area contributed by atoms with Crippen molar-refractivity contribution in [3.63, 3.8) is 0 Å². The Morgan fingerprint density at radius 2 is 1.80 bits per heavy atom. The molecule has 0 spiro atoms. The minimum absolute atomic E-state index is 0.317. The molecule has 15 heavy (non-hydrogen) atoms. The van der Waals surface area contributed by atoms with Gasteiger partial charge in [0.15, 0.2) is 0 Å². The Hall–Kier alpha value is -0.590. The lowest BCUT2D eigenvalue weighted by molar-refractivity contribution is 0.212. The zero-order valence-corrected chi connectivity index (χ0v) is 11.0. The van der Waals surface area contributed by atoms with E-state index in [4.69, 9.17) is 5.26 Å². The van der Waals surface area contributed by atoms with Gasteiger partial charge in [-0.15, -0.1) is 0 Å². The summed E-state index contributed by atoms with van der Waals surface area (Å²) >= 11 is 0. The van der Waals surface area contributed by atoms with Crippen molar-refractivity contribution >= 4 is 0 Å². The van der Waals surface area contributed by atoms with Gasteiger partial charge < -0.3 is 10.2 Å². The zero-order valence-electron chi connectivity index (χ0n) is 11.0. The summed E-state index contributed by atoms with van der Waals surface area (Å²) in [5, 5.41) is 12.1. The molecule has 0 aromatic rings. The van der Waals surface area contributed by atoms with Crippen molar-refractivity contribution in [3.05, 3.63) is 0 Å². The van der Waals surface area contributed by atoms with E-state index in [2.05, 4.69) is 44.1 Å². The zero-order chi connectivity index (χ0) is 12.1. The van der Waals surface area contributed by atoms with Gasteiger partial charge >= 0.3 is 0 Å². The SMILES string of the molecule is CNC(C)(C#N)CCN(C)CC(C)(C)C. The molecule has 3 heteroatoms. The average Bonchev–Trinajstić information content (AvgIpc) is 2.12. The highest BCUT2D eigenvalue weighted by Crippen LogP contribution is 2.15. The molecule has 1 N–H and O–H groups in total.